The second-order valence-electron chi connectivity index (χ2n) is 6.39. The van der Waals surface area contributed by atoms with Crippen molar-refractivity contribution in [3.05, 3.63) is 35.4 Å². The molecule has 2 N–H and O–H groups in total. The van der Waals surface area contributed by atoms with Crippen LogP contribution in [-0.4, -0.2) is 24.5 Å². The van der Waals surface area contributed by atoms with Crippen LogP contribution in [0.25, 0.3) is 0 Å². The maximum absolute atomic E-state index is 13.2. The minimum absolute atomic E-state index is 0.0797. The van der Waals surface area contributed by atoms with Crippen molar-refractivity contribution in [1.82, 2.24) is 10.6 Å². The molecule has 3 rings (SSSR count). The third kappa shape index (κ3) is 3.52. The highest BCUT2D eigenvalue weighted by Crippen LogP contribution is 2.41. The van der Waals surface area contributed by atoms with Gasteiger partial charge in [-0.15, -0.1) is 0 Å². The van der Waals surface area contributed by atoms with Crippen molar-refractivity contribution < 1.29 is 18.0 Å². The summed E-state index contributed by atoms with van der Waals surface area (Å²) in [6, 6.07) is 5.32. The van der Waals surface area contributed by atoms with Gasteiger partial charge in [-0.3, -0.25) is 4.79 Å². The van der Waals surface area contributed by atoms with E-state index in [0.29, 0.717) is 12.0 Å². The molecule has 0 aromatic heterocycles. The number of benzene rings is 1. The van der Waals surface area contributed by atoms with E-state index in [1.807, 2.05) is 0 Å². The van der Waals surface area contributed by atoms with Crippen LogP contribution in [0.3, 0.4) is 0 Å². The van der Waals surface area contributed by atoms with Crippen molar-refractivity contribution in [3.63, 3.8) is 0 Å². The number of halogens is 3. The molecule has 3 unspecified atom stereocenters. The third-order valence-corrected chi connectivity index (χ3v) is 4.89. The molecule has 1 aliphatic heterocycles. The summed E-state index contributed by atoms with van der Waals surface area (Å²) >= 11 is 0. The fourth-order valence-electron chi connectivity index (χ4n) is 3.78. The van der Waals surface area contributed by atoms with Crippen LogP contribution in [-0.2, 0) is 11.0 Å². The van der Waals surface area contributed by atoms with Gasteiger partial charge in [-0.1, -0.05) is 24.6 Å². The summed E-state index contributed by atoms with van der Waals surface area (Å²) in [5, 5.41) is 6.11. The highest BCUT2D eigenvalue weighted by Gasteiger charge is 2.39. The Labute approximate surface area is 133 Å². The van der Waals surface area contributed by atoms with E-state index in [0.717, 1.165) is 38.3 Å². The monoisotopic (exact) mass is 326 g/mol. The molecule has 1 amide bonds. The molecule has 0 radical (unpaired) electrons. The number of carbonyl (C=O) groups excluding carboxylic acids is 1. The molecule has 1 heterocycles. The molecule has 23 heavy (non-hydrogen) atoms. The van der Waals surface area contributed by atoms with Crippen molar-refractivity contribution in [2.45, 2.75) is 56.3 Å². The Morgan fingerprint density at radius 2 is 1.91 bits per heavy atom. The number of nitrogens with one attached hydrogen (secondary N) is 2. The molecule has 1 aromatic carbocycles. The maximum atomic E-state index is 13.2. The molecule has 3 atom stereocenters. The summed E-state index contributed by atoms with van der Waals surface area (Å²) in [6.07, 6.45) is -0.364. The summed E-state index contributed by atoms with van der Waals surface area (Å²) in [6.45, 7) is 0.823. The zero-order valence-electron chi connectivity index (χ0n) is 12.8. The lowest BCUT2D eigenvalue weighted by Crippen LogP contribution is -2.46. The van der Waals surface area contributed by atoms with Crippen LogP contribution in [0.4, 0.5) is 13.2 Å². The lowest BCUT2D eigenvalue weighted by atomic mass is 9.89. The van der Waals surface area contributed by atoms with E-state index in [9.17, 15) is 18.0 Å². The van der Waals surface area contributed by atoms with Crippen molar-refractivity contribution in [2.75, 3.05) is 6.54 Å². The Balaban J connectivity index is 1.78. The Morgan fingerprint density at radius 3 is 2.61 bits per heavy atom. The maximum Gasteiger partial charge on any atom is 0.416 e. The number of alkyl halides is 3. The van der Waals surface area contributed by atoms with Crippen molar-refractivity contribution in [3.8, 4) is 0 Å². The van der Waals surface area contributed by atoms with Crippen LogP contribution in [0, 0.1) is 0 Å². The molecule has 1 saturated heterocycles. The average molecular weight is 326 g/mol. The van der Waals surface area contributed by atoms with Crippen LogP contribution < -0.4 is 10.6 Å². The summed E-state index contributed by atoms with van der Waals surface area (Å²) in [7, 11) is 0. The highest BCUT2D eigenvalue weighted by atomic mass is 19.4. The first-order valence-corrected chi connectivity index (χ1v) is 8.16. The molecule has 1 saturated carbocycles. The zero-order chi connectivity index (χ0) is 16.4. The molecule has 0 spiro atoms. The molecule has 2 fully saturated rings. The summed E-state index contributed by atoms with van der Waals surface area (Å²) in [4.78, 5) is 12.3. The van der Waals surface area contributed by atoms with Crippen LogP contribution in [0.2, 0.25) is 0 Å². The average Bonchev–Trinajstić information content (AvgIpc) is 3.17. The fraction of sp³-hybridized carbons (Fsp3) is 0.588. The number of hydrogen-bond donors (Lipinski definition) is 2. The third-order valence-electron chi connectivity index (χ3n) is 4.89. The van der Waals surface area contributed by atoms with Gasteiger partial charge in [-0.25, -0.2) is 0 Å². The van der Waals surface area contributed by atoms with E-state index in [1.54, 1.807) is 12.1 Å². The smallest absolute Gasteiger partial charge is 0.351 e. The Hall–Kier alpha value is -1.56. The van der Waals surface area contributed by atoms with Gasteiger partial charge in [-0.2, -0.15) is 13.2 Å². The molecule has 0 bridgehead atoms. The molecular weight excluding hydrogens is 305 g/mol. The highest BCUT2D eigenvalue weighted by molar-refractivity contribution is 5.82. The summed E-state index contributed by atoms with van der Waals surface area (Å²) in [5.74, 6) is -0.345. The van der Waals surface area contributed by atoms with Gasteiger partial charge in [0.05, 0.1) is 11.6 Å². The van der Waals surface area contributed by atoms with Crippen molar-refractivity contribution in [1.29, 1.82) is 0 Å². The first kappa shape index (κ1) is 16.3. The second-order valence-corrected chi connectivity index (χ2v) is 6.39. The van der Waals surface area contributed by atoms with Crippen molar-refractivity contribution >= 4 is 5.91 Å². The molecule has 6 heteroatoms. The van der Waals surface area contributed by atoms with Crippen LogP contribution in [0.1, 0.15) is 49.1 Å². The predicted molar refractivity (Wildman–Crippen MR) is 81.0 cm³/mol. The molecule has 3 nitrogen and oxygen atoms in total. The lowest BCUT2D eigenvalue weighted by Gasteiger charge is -2.25. The van der Waals surface area contributed by atoms with E-state index >= 15 is 0 Å². The van der Waals surface area contributed by atoms with Gasteiger partial charge in [0.2, 0.25) is 5.91 Å². The first-order chi connectivity index (χ1) is 11.0. The topological polar surface area (TPSA) is 41.1 Å². The minimum Gasteiger partial charge on any atom is -0.351 e. The number of rotatable bonds is 3. The molecule has 2 aliphatic rings. The Morgan fingerprint density at radius 1 is 1.13 bits per heavy atom. The number of amides is 1. The summed E-state index contributed by atoms with van der Waals surface area (Å²) in [5.41, 5.74) is -0.271. The number of carbonyl (C=O) groups is 1. The van der Waals surface area contributed by atoms with Crippen LogP contribution in [0.15, 0.2) is 24.3 Å². The molecular formula is C17H21F3N2O. The standard InChI is InChI=1S/C17H21F3N2O/c18-17(19,20)13-7-2-1-5-11(13)12-6-3-8-14(12)22-16(23)15-9-4-10-21-15/h1-2,5,7,12,14-15,21H,3-4,6,8-10H2,(H,22,23). The summed E-state index contributed by atoms with van der Waals surface area (Å²) < 4.78 is 39.7. The second kappa shape index (κ2) is 6.51. The van der Waals surface area contributed by atoms with Gasteiger partial charge >= 0.3 is 6.18 Å². The van der Waals surface area contributed by atoms with E-state index in [-0.39, 0.29) is 23.9 Å². The Kier molecular flexibility index (Phi) is 4.62. The normalized spacial score (nSPS) is 28.0. The van der Waals surface area contributed by atoms with Crippen LogP contribution in [0.5, 0.6) is 0 Å². The van der Waals surface area contributed by atoms with E-state index in [2.05, 4.69) is 10.6 Å². The fourth-order valence-corrected chi connectivity index (χ4v) is 3.78. The van der Waals surface area contributed by atoms with Gasteiger partial charge in [0.1, 0.15) is 0 Å². The Bertz CT molecular complexity index is 567. The molecule has 1 aromatic rings. The van der Waals surface area contributed by atoms with E-state index in [4.69, 9.17) is 0 Å². The predicted octanol–water partition coefficient (Wildman–Crippen LogP) is 3.21. The zero-order valence-corrected chi connectivity index (χ0v) is 12.8. The van der Waals surface area contributed by atoms with Crippen molar-refractivity contribution in [2.24, 2.45) is 0 Å². The van der Waals surface area contributed by atoms with Gasteiger partial charge in [0.15, 0.2) is 0 Å². The van der Waals surface area contributed by atoms with Gasteiger partial charge in [-0.05, 0) is 43.9 Å². The largest absolute Gasteiger partial charge is 0.416 e. The van der Waals surface area contributed by atoms with E-state index in [1.165, 1.54) is 6.07 Å². The quantitative estimate of drug-likeness (QED) is 0.895. The van der Waals surface area contributed by atoms with Gasteiger partial charge in [0, 0.05) is 12.0 Å². The SMILES string of the molecule is O=C(NC1CCCC1c1ccccc1C(F)(F)F)C1CCCN1. The minimum atomic E-state index is -4.36. The molecule has 1 aliphatic carbocycles. The van der Waals surface area contributed by atoms with Gasteiger partial charge < -0.3 is 10.6 Å². The van der Waals surface area contributed by atoms with Gasteiger partial charge in [0.25, 0.3) is 0 Å². The van der Waals surface area contributed by atoms with E-state index < -0.39 is 11.7 Å². The molecule has 126 valence electrons. The number of hydrogen-bond acceptors (Lipinski definition) is 2. The van der Waals surface area contributed by atoms with Crippen LogP contribution >= 0.6 is 0 Å². The first-order valence-electron chi connectivity index (χ1n) is 8.16. The lowest BCUT2D eigenvalue weighted by molar-refractivity contribution is -0.138.